The van der Waals surface area contributed by atoms with Crippen LogP contribution in [0.4, 0.5) is 0 Å². The van der Waals surface area contributed by atoms with Crippen LogP contribution in [0.1, 0.15) is 36.2 Å². The second-order valence-corrected chi connectivity index (χ2v) is 8.82. The third-order valence-corrected chi connectivity index (χ3v) is 6.83. The number of ether oxygens (including phenoxy) is 1. The van der Waals surface area contributed by atoms with Crippen LogP contribution in [0.5, 0.6) is 0 Å². The molecule has 0 N–H and O–H groups in total. The Morgan fingerprint density at radius 1 is 1.16 bits per heavy atom. The van der Waals surface area contributed by atoms with Crippen molar-refractivity contribution in [3.63, 3.8) is 0 Å². The predicted octanol–water partition coefficient (Wildman–Crippen LogP) is 3.49. The highest BCUT2D eigenvalue weighted by Crippen LogP contribution is 2.32. The number of hydrogen-bond donors (Lipinski definition) is 0. The van der Waals surface area contributed by atoms with Gasteiger partial charge in [-0.05, 0) is 29.7 Å². The number of esters is 1. The maximum Gasteiger partial charge on any atom is 0.308 e. The Bertz CT molecular complexity index is 1410. The molecule has 1 aliphatic heterocycles. The number of fused-ring (bicyclic) bond motifs is 4. The lowest BCUT2D eigenvalue weighted by Crippen LogP contribution is -2.39. The van der Waals surface area contributed by atoms with Crippen LogP contribution in [0.25, 0.3) is 15.2 Å². The van der Waals surface area contributed by atoms with Gasteiger partial charge in [0.25, 0.3) is 5.56 Å². The van der Waals surface area contributed by atoms with Crippen LogP contribution >= 0.6 is 11.3 Å². The topological polar surface area (TPSA) is 81.0 Å². The van der Waals surface area contributed by atoms with Crippen molar-refractivity contribution in [3.05, 3.63) is 81.8 Å². The number of rotatable bonds is 4. The Morgan fingerprint density at radius 3 is 2.78 bits per heavy atom. The van der Waals surface area contributed by atoms with Gasteiger partial charge in [-0.25, -0.2) is 4.98 Å². The molecular formula is C24H21N3O4S. The summed E-state index contributed by atoms with van der Waals surface area (Å²) in [5.74, 6) is -0.501. The zero-order chi connectivity index (χ0) is 22.2. The van der Waals surface area contributed by atoms with Crippen LogP contribution in [0, 0.1) is 0 Å². The molecule has 0 saturated carbocycles. The van der Waals surface area contributed by atoms with E-state index in [-0.39, 0.29) is 30.5 Å². The SMILES string of the molecule is CC(=O)N1CCc2ccccc2[C@H]1CC(=O)OCc1cc(=O)n2c(n1)sc1ccccc12. The van der Waals surface area contributed by atoms with E-state index in [1.165, 1.54) is 24.3 Å². The molecule has 2 aromatic carbocycles. The summed E-state index contributed by atoms with van der Waals surface area (Å²) in [4.78, 5) is 44.3. The number of nitrogens with zero attached hydrogens (tertiary/aromatic N) is 3. The Hall–Kier alpha value is -3.52. The van der Waals surface area contributed by atoms with Crippen LogP contribution in [0.15, 0.2) is 59.4 Å². The number of carbonyl (C=O) groups excluding carboxylic acids is 2. The van der Waals surface area contributed by atoms with Crippen molar-refractivity contribution in [1.29, 1.82) is 0 Å². The molecule has 1 amide bonds. The summed E-state index contributed by atoms with van der Waals surface area (Å²) in [6, 6.07) is 16.5. The molecule has 5 rings (SSSR count). The number of para-hydroxylation sites is 1. The normalized spacial score (nSPS) is 15.7. The highest BCUT2D eigenvalue weighted by atomic mass is 32.1. The number of amides is 1. The minimum Gasteiger partial charge on any atom is -0.459 e. The predicted molar refractivity (Wildman–Crippen MR) is 122 cm³/mol. The van der Waals surface area contributed by atoms with Gasteiger partial charge in [0.05, 0.1) is 28.4 Å². The van der Waals surface area contributed by atoms with E-state index in [4.69, 9.17) is 4.74 Å². The number of carbonyl (C=O) groups is 2. The van der Waals surface area contributed by atoms with E-state index in [1.807, 2.05) is 48.5 Å². The van der Waals surface area contributed by atoms with Crippen molar-refractivity contribution < 1.29 is 14.3 Å². The van der Waals surface area contributed by atoms with Crippen LogP contribution in [0.3, 0.4) is 0 Å². The smallest absolute Gasteiger partial charge is 0.308 e. The highest BCUT2D eigenvalue weighted by molar-refractivity contribution is 7.23. The first-order chi connectivity index (χ1) is 15.5. The zero-order valence-corrected chi connectivity index (χ0v) is 18.3. The quantitative estimate of drug-likeness (QED) is 0.448. The molecule has 2 aromatic heterocycles. The lowest BCUT2D eigenvalue weighted by molar-refractivity contribution is -0.147. The van der Waals surface area contributed by atoms with Gasteiger partial charge < -0.3 is 9.64 Å². The van der Waals surface area contributed by atoms with E-state index >= 15 is 0 Å². The maximum atomic E-state index is 12.7. The van der Waals surface area contributed by atoms with E-state index in [0.717, 1.165) is 27.8 Å². The average Bonchev–Trinajstić information content (AvgIpc) is 3.16. The average molecular weight is 448 g/mol. The molecule has 0 unspecified atom stereocenters. The fourth-order valence-corrected chi connectivity index (χ4v) is 5.37. The van der Waals surface area contributed by atoms with Crippen molar-refractivity contribution >= 4 is 38.4 Å². The van der Waals surface area contributed by atoms with Crippen LogP contribution in [-0.4, -0.2) is 32.7 Å². The molecule has 0 bridgehead atoms. The maximum absolute atomic E-state index is 12.7. The zero-order valence-electron chi connectivity index (χ0n) is 17.5. The molecule has 3 heterocycles. The lowest BCUT2D eigenvalue weighted by Gasteiger charge is -2.36. The molecule has 8 heteroatoms. The number of thiazole rings is 1. The summed E-state index contributed by atoms with van der Waals surface area (Å²) in [7, 11) is 0. The van der Waals surface area contributed by atoms with E-state index in [9.17, 15) is 14.4 Å². The third kappa shape index (κ3) is 3.67. The minimum absolute atomic E-state index is 0.0563. The second-order valence-electron chi connectivity index (χ2n) is 7.82. The van der Waals surface area contributed by atoms with Gasteiger partial charge in [0.1, 0.15) is 6.61 Å². The molecule has 7 nitrogen and oxygen atoms in total. The number of hydrogen-bond acceptors (Lipinski definition) is 6. The molecule has 0 aliphatic carbocycles. The summed E-state index contributed by atoms with van der Waals surface area (Å²) in [6.07, 6.45) is 0.824. The molecule has 0 fully saturated rings. The summed E-state index contributed by atoms with van der Waals surface area (Å²) < 4.78 is 8.00. The van der Waals surface area contributed by atoms with Crippen LogP contribution in [0.2, 0.25) is 0 Å². The summed E-state index contributed by atoms with van der Waals surface area (Å²) in [5, 5.41) is 0. The van der Waals surface area contributed by atoms with Crippen LogP contribution < -0.4 is 5.56 Å². The Labute approximate surface area is 187 Å². The van der Waals surface area contributed by atoms with Crippen LogP contribution in [-0.2, 0) is 27.4 Å². The molecule has 1 aliphatic rings. The van der Waals surface area contributed by atoms with E-state index in [0.29, 0.717) is 17.2 Å². The van der Waals surface area contributed by atoms with E-state index in [2.05, 4.69) is 4.98 Å². The van der Waals surface area contributed by atoms with Gasteiger partial charge in [-0.1, -0.05) is 47.7 Å². The first kappa shape index (κ1) is 20.4. The Kier molecular flexibility index (Phi) is 5.22. The molecule has 0 spiro atoms. The van der Waals surface area contributed by atoms with Gasteiger partial charge in [-0.15, -0.1) is 0 Å². The largest absolute Gasteiger partial charge is 0.459 e. The van der Waals surface area contributed by atoms with Gasteiger partial charge in [0.2, 0.25) is 5.91 Å². The molecule has 0 radical (unpaired) electrons. The molecule has 4 aromatic rings. The van der Waals surface area contributed by atoms with E-state index < -0.39 is 5.97 Å². The van der Waals surface area contributed by atoms with Crippen molar-refractivity contribution in [1.82, 2.24) is 14.3 Å². The van der Waals surface area contributed by atoms with E-state index in [1.54, 1.807) is 9.30 Å². The van der Waals surface area contributed by atoms with Gasteiger partial charge in [0.15, 0.2) is 4.96 Å². The van der Waals surface area contributed by atoms with Gasteiger partial charge in [-0.2, -0.15) is 0 Å². The van der Waals surface area contributed by atoms with Crippen molar-refractivity contribution in [2.75, 3.05) is 6.54 Å². The Morgan fingerprint density at radius 2 is 1.94 bits per heavy atom. The van der Waals surface area contributed by atoms with Gasteiger partial charge in [0, 0.05) is 19.5 Å². The fraction of sp³-hybridized carbons (Fsp3) is 0.250. The second kappa shape index (κ2) is 8.20. The van der Waals surface area contributed by atoms with Crippen molar-refractivity contribution in [2.45, 2.75) is 32.4 Å². The van der Waals surface area contributed by atoms with Gasteiger partial charge in [-0.3, -0.25) is 18.8 Å². The first-order valence-electron chi connectivity index (χ1n) is 10.4. The molecule has 32 heavy (non-hydrogen) atoms. The molecule has 162 valence electrons. The first-order valence-corrected chi connectivity index (χ1v) is 11.2. The van der Waals surface area contributed by atoms with Gasteiger partial charge >= 0.3 is 5.97 Å². The number of aromatic nitrogens is 2. The lowest BCUT2D eigenvalue weighted by atomic mass is 9.90. The highest BCUT2D eigenvalue weighted by Gasteiger charge is 2.31. The standard InChI is InChI=1S/C24H21N3O4S/c1-15(28)26-11-10-16-6-2-3-7-18(16)20(26)13-23(30)31-14-17-12-22(29)27-19-8-4-5-9-21(19)32-24(27)25-17/h2-9,12,20H,10-11,13-14H2,1H3/t20-/m1/s1. The molecule has 1 atom stereocenters. The summed E-state index contributed by atoms with van der Waals surface area (Å²) in [5.41, 5.74) is 3.14. The minimum atomic E-state index is -0.434. The monoisotopic (exact) mass is 447 g/mol. The fourth-order valence-electron chi connectivity index (χ4n) is 4.32. The number of benzene rings is 2. The summed E-state index contributed by atoms with van der Waals surface area (Å²) in [6.45, 7) is 2.00. The molecule has 0 saturated heterocycles. The molecular weight excluding hydrogens is 426 g/mol. The summed E-state index contributed by atoms with van der Waals surface area (Å²) >= 11 is 1.42. The van der Waals surface area contributed by atoms with Crippen molar-refractivity contribution in [2.24, 2.45) is 0 Å². The Balaban J connectivity index is 1.34. The third-order valence-electron chi connectivity index (χ3n) is 5.81. The van der Waals surface area contributed by atoms with Crippen molar-refractivity contribution in [3.8, 4) is 0 Å².